The Morgan fingerprint density at radius 2 is 1.77 bits per heavy atom. The van der Waals surface area contributed by atoms with Crippen LogP contribution >= 0.6 is 0 Å². The number of piperidine rings is 1. The van der Waals surface area contributed by atoms with Crippen molar-refractivity contribution in [2.75, 3.05) is 19.8 Å². The van der Waals surface area contributed by atoms with Gasteiger partial charge in [0.05, 0.1) is 30.9 Å². The largest absolute Gasteiger partial charge is 0.349 e. The lowest BCUT2D eigenvalue weighted by Crippen LogP contribution is -2.46. The fourth-order valence-corrected chi connectivity index (χ4v) is 3.98. The molecular formula is C22H24N2O2. The number of likely N-dealkylation sites (tertiary alicyclic amines) is 1. The lowest BCUT2D eigenvalue weighted by molar-refractivity contribution is -0.111. The Labute approximate surface area is 155 Å². The van der Waals surface area contributed by atoms with Crippen LogP contribution in [-0.4, -0.2) is 37.0 Å². The summed E-state index contributed by atoms with van der Waals surface area (Å²) < 4.78 is 11.5. The zero-order chi connectivity index (χ0) is 17.8. The summed E-state index contributed by atoms with van der Waals surface area (Å²) >= 11 is 0. The van der Waals surface area contributed by atoms with Gasteiger partial charge in [0.1, 0.15) is 0 Å². The van der Waals surface area contributed by atoms with Gasteiger partial charge >= 0.3 is 0 Å². The van der Waals surface area contributed by atoms with Gasteiger partial charge in [-0.3, -0.25) is 4.90 Å². The van der Waals surface area contributed by atoms with E-state index in [-0.39, 0.29) is 6.29 Å². The molecule has 2 aromatic carbocycles. The number of ether oxygens (including phenoxy) is 2. The lowest BCUT2D eigenvalue weighted by atomic mass is 9.98. The van der Waals surface area contributed by atoms with Gasteiger partial charge < -0.3 is 9.47 Å². The van der Waals surface area contributed by atoms with E-state index in [2.05, 4.69) is 35.2 Å². The van der Waals surface area contributed by atoms with Gasteiger partial charge in [-0.1, -0.05) is 48.9 Å². The van der Waals surface area contributed by atoms with Crippen LogP contribution < -0.4 is 0 Å². The zero-order valence-corrected chi connectivity index (χ0v) is 14.9. The first-order chi connectivity index (χ1) is 12.8. The van der Waals surface area contributed by atoms with Crippen molar-refractivity contribution in [3.05, 3.63) is 59.7 Å². The van der Waals surface area contributed by atoms with Crippen molar-refractivity contribution < 1.29 is 9.47 Å². The van der Waals surface area contributed by atoms with E-state index in [0.29, 0.717) is 24.8 Å². The summed E-state index contributed by atoms with van der Waals surface area (Å²) in [5.41, 5.74) is 4.08. The maximum Gasteiger partial charge on any atom is 0.173 e. The number of rotatable bonds is 4. The van der Waals surface area contributed by atoms with Crippen molar-refractivity contribution in [3.63, 3.8) is 0 Å². The van der Waals surface area contributed by atoms with E-state index < -0.39 is 0 Å². The molecule has 0 amide bonds. The molecule has 1 atom stereocenters. The van der Waals surface area contributed by atoms with Gasteiger partial charge in [-0.25, -0.2) is 0 Å². The molecule has 2 saturated heterocycles. The molecule has 4 heteroatoms. The van der Waals surface area contributed by atoms with E-state index in [1.165, 1.54) is 18.4 Å². The fourth-order valence-electron chi connectivity index (χ4n) is 3.98. The molecule has 4 rings (SSSR count). The molecule has 134 valence electrons. The Morgan fingerprint density at radius 3 is 2.54 bits per heavy atom. The molecule has 0 aliphatic carbocycles. The molecule has 1 unspecified atom stereocenters. The molecule has 0 N–H and O–H groups in total. The average molecular weight is 348 g/mol. The zero-order valence-electron chi connectivity index (χ0n) is 14.9. The first kappa shape index (κ1) is 17.2. The van der Waals surface area contributed by atoms with Crippen LogP contribution in [0.25, 0.3) is 11.1 Å². The van der Waals surface area contributed by atoms with Crippen molar-refractivity contribution in [2.24, 2.45) is 0 Å². The topological polar surface area (TPSA) is 45.5 Å². The van der Waals surface area contributed by atoms with Crippen molar-refractivity contribution >= 4 is 0 Å². The minimum Gasteiger partial charge on any atom is -0.349 e. The van der Waals surface area contributed by atoms with E-state index in [1.807, 2.05) is 24.3 Å². The molecular weight excluding hydrogens is 324 g/mol. The van der Waals surface area contributed by atoms with Gasteiger partial charge in [0.15, 0.2) is 6.29 Å². The molecule has 2 aliphatic heterocycles. The van der Waals surface area contributed by atoms with Crippen molar-refractivity contribution in [2.45, 2.75) is 38.1 Å². The second-order valence-corrected chi connectivity index (χ2v) is 7.00. The van der Waals surface area contributed by atoms with Crippen LogP contribution in [0.4, 0.5) is 0 Å². The molecule has 26 heavy (non-hydrogen) atoms. The second-order valence-electron chi connectivity index (χ2n) is 7.00. The van der Waals surface area contributed by atoms with Gasteiger partial charge in [-0.15, -0.1) is 0 Å². The molecule has 2 heterocycles. The highest BCUT2D eigenvalue weighted by Gasteiger charge is 2.33. The number of nitrogens with zero attached hydrogens (tertiary/aromatic N) is 2. The van der Waals surface area contributed by atoms with E-state index >= 15 is 0 Å². The third-order valence-electron chi connectivity index (χ3n) is 5.32. The lowest BCUT2D eigenvalue weighted by Gasteiger charge is -2.38. The van der Waals surface area contributed by atoms with Gasteiger partial charge in [-0.05, 0) is 42.1 Å². The second kappa shape index (κ2) is 8.01. The van der Waals surface area contributed by atoms with E-state index in [4.69, 9.17) is 9.47 Å². The van der Waals surface area contributed by atoms with Crippen molar-refractivity contribution in [1.82, 2.24) is 4.90 Å². The Hall–Kier alpha value is -2.19. The average Bonchev–Trinajstić information content (AvgIpc) is 3.24. The van der Waals surface area contributed by atoms with E-state index in [0.717, 1.165) is 30.6 Å². The SMILES string of the molecule is N#Cc1ccccc1-c1ccc(CN2CCCCC2C2OCCO2)cc1. The Morgan fingerprint density at radius 1 is 1.00 bits per heavy atom. The Kier molecular flexibility index (Phi) is 5.31. The molecule has 2 aromatic rings. The summed E-state index contributed by atoms with van der Waals surface area (Å²) in [5, 5.41) is 9.30. The third kappa shape index (κ3) is 3.66. The molecule has 4 nitrogen and oxygen atoms in total. The minimum atomic E-state index is -0.0721. The van der Waals surface area contributed by atoms with Crippen LogP contribution in [0.15, 0.2) is 48.5 Å². The fraction of sp³-hybridized carbons (Fsp3) is 0.409. The molecule has 2 aliphatic rings. The smallest absolute Gasteiger partial charge is 0.173 e. The maximum atomic E-state index is 9.30. The van der Waals surface area contributed by atoms with Crippen LogP contribution in [0, 0.1) is 11.3 Å². The summed E-state index contributed by atoms with van der Waals surface area (Å²) in [6.07, 6.45) is 3.54. The Balaban J connectivity index is 1.49. The first-order valence-corrected chi connectivity index (χ1v) is 9.41. The first-order valence-electron chi connectivity index (χ1n) is 9.41. The van der Waals surface area contributed by atoms with Gasteiger partial charge in [0, 0.05) is 6.54 Å². The van der Waals surface area contributed by atoms with Crippen LogP contribution in [0.1, 0.15) is 30.4 Å². The normalized spacial score (nSPS) is 21.6. The van der Waals surface area contributed by atoms with Crippen LogP contribution in [0.5, 0.6) is 0 Å². The molecule has 2 fully saturated rings. The van der Waals surface area contributed by atoms with E-state index in [9.17, 15) is 5.26 Å². The molecule has 0 spiro atoms. The highest BCUT2D eigenvalue weighted by molar-refractivity contribution is 5.70. The van der Waals surface area contributed by atoms with E-state index in [1.54, 1.807) is 0 Å². The monoisotopic (exact) mass is 348 g/mol. The van der Waals surface area contributed by atoms with Gasteiger partial charge in [0.25, 0.3) is 0 Å². The highest BCUT2D eigenvalue weighted by Crippen LogP contribution is 2.27. The van der Waals surface area contributed by atoms with Crippen LogP contribution in [0.2, 0.25) is 0 Å². The van der Waals surface area contributed by atoms with Gasteiger partial charge in [-0.2, -0.15) is 5.26 Å². The molecule has 0 bridgehead atoms. The third-order valence-corrected chi connectivity index (χ3v) is 5.32. The standard InChI is InChI=1S/C22H24N2O2/c23-15-19-5-1-2-6-20(19)18-10-8-17(9-11-18)16-24-12-4-3-7-21(24)22-25-13-14-26-22/h1-2,5-6,8-11,21-22H,3-4,7,12-14,16H2. The summed E-state index contributed by atoms with van der Waals surface area (Å²) in [6, 6.07) is 19.0. The van der Waals surface area contributed by atoms with Crippen LogP contribution in [-0.2, 0) is 16.0 Å². The minimum absolute atomic E-state index is 0.0721. The van der Waals surface area contributed by atoms with Crippen molar-refractivity contribution in [3.8, 4) is 17.2 Å². The predicted octanol–water partition coefficient (Wildman–Crippen LogP) is 3.95. The maximum absolute atomic E-state index is 9.30. The summed E-state index contributed by atoms with van der Waals surface area (Å²) in [5.74, 6) is 0. The number of benzene rings is 2. The van der Waals surface area contributed by atoms with Crippen LogP contribution in [0.3, 0.4) is 0 Å². The molecule has 0 saturated carbocycles. The number of hydrogen-bond donors (Lipinski definition) is 0. The highest BCUT2D eigenvalue weighted by atomic mass is 16.7. The quantitative estimate of drug-likeness (QED) is 0.839. The summed E-state index contributed by atoms with van der Waals surface area (Å²) in [6.45, 7) is 3.42. The predicted molar refractivity (Wildman–Crippen MR) is 100 cm³/mol. The summed E-state index contributed by atoms with van der Waals surface area (Å²) in [7, 11) is 0. The summed E-state index contributed by atoms with van der Waals surface area (Å²) in [4.78, 5) is 2.50. The van der Waals surface area contributed by atoms with Crippen molar-refractivity contribution in [1.29, 1.82) is 5.26 Å². The van der Waals surface area contributed by atoms with Gasteiger partial charge in [0.2, 0.25) is 0 Å². The molecule has 0 radical (unpaired) electrons. The number of hydrogen-bond acceptors (Lipinski definition) is 4. The number of nitriles is 1. The molecule has 0 aromatic heterocycles. The Bertz CT molecular complexity index is 775.